The molecule has 0 amide bonds. The summed E-state index contributed by atoms with van der Waals surface area (Å²) in [6.07, 6.45) is 8.77. The highest BCUT2D eigenvalue weighted by molar-refractivity contribution is 6.02. The number of ether oxygens (including phenoxy) is 3. The maximum Gasteiger partial charge on any atom is 0.336 e. The van der Waals surface area contributed by atoms with Crippen LogP contribution in [0.15, 0.2) is 124 Å². The Morgan fingerprint density at radius 1 is 0.731 bits per heavy atom. The normalized spacial score (nSPS) is 14.0. The Bertz CT molecular complexity index is 2400. The first-order valence-corrected chi connectivity index (χ1v) is 17.4. The van der Waals surface area contributed by atoms with Gasteiger partial charge in [-0.05, 0) is 96.7 Å². The summed E-state index contributed by atoms with van der Waals surface area (Å²) in [5.74, 6) is 1.19. The minimum absolute atomic E-state index is 0.254. The second kappa shape index (κ2) is 15.5. The molecule has 6 aromatic rings. The fraction of sp³-hybridized carbons (Fsp3) is 0.333. The van der Waals surface area contributed by atoms with Crippen LogP contribution in [-0.4, -0.2) is 36.1 Å². The predicted octanol–water partition coefficient (Wildman–Crippen LogP) is 9.40. The van der Waals surface area contributed by atoms with E-state index in [0.29, 0.717) is 77.1 Å². The Kier molecular flexibility index (Phi) is 10.9. The van der Waals surface area contributed by atoms with Crippen LogP contribution in [0.1, 0.15) is 60.3 Å². The third-order valence-corrected chi connectivity index (χ3v) is 9.35. The average molecular weight is 709 g/mol. The van der Waals surface area contributed by atoms with Crippen LogP contribution in [0, 0.1) is 0 Å². The molecule has 0 aliphatic rings. The second-order valence-corrected chi connectivity index (χ2v) is 13.8. The maximum atomic E-state index is 11.8. The zero-order chi connectivity index (χ0) is 37.0. The molecule has 0 aliphatic heterocycles. The summed E-state index contributed by atoms with van der Waals surface area (Å²) in [5.41, 5.74) is 3.32. The van der Waals surface area contributed by atoms with Crippen molar-refractivity contribution in [1.82, 2.24) is 0 Å². The first-order valence-electron chi connectivity index (χ1n) is 17.4. The molecule has 6 rings (SSSR count). The van der Waals surface area contributed by atoms with E-state index in [1.807, 2.05) is 58.9 Å². The molecule has 10 nitrogen and oxygen atoms in total. The van der Waals surface area contributed by atoms with Crippen molar-refractivity contribution in [3.8, 4) is 11.5 Å². The summed E-state index contributed by atoms with van der Waals surface area (Å²) >= 11 is 0. The fourth-order valence-corrected chi connectivity index (χ4v) is 6.19. The van der Waals surface area contributed by atoms with Crippen LogP contribution in [0.25, 0.3) is 43.9 Å². The molecule has 0 saturated carbocycles. The minimum atomic E-state index is -0.819. The van der Waals surface area contributed by atoms with Crippen LogP contribution in [-0.2, 0) is 4.74 Å². The lowest BCUT2D eigenvalue weighted by atomic mass is 9.94. The number of allylic oxidation sites excluding steroid dienone is 2. The molecule has 52 heavy (non-hydrogen) atoms. The van der Waals surface area contributed by atoms with E-state index in [2.05, 4.69) is 6.58 Å². The highest BCUT2D eigenvalue weighted by Crippen LogP contribution is 2.36. The molecule has 4 aromatic heterocycles. The van der Waals surface area contributed by atoms with Gasteiger partial charge < -0.3 is 37.0 Å². The second-order valence-electron chi connectivity index (χ2n) is 13.8. The van der Waals surface area contributed by atoms with Gasteiger partial charge in [0.25, 0.3) is 0 Å². The number of hydrogen-bond acceptors (Lipinski definition) is 10. The summed E-state index contributed by atoms with van der Waals surface area (Å²) < 4.78 is 40.6. The van der Waals surface area contributed by atoms with Gasteiger partial charge in [-0.1, -0.05) is 23.3 Å². The summed E-state index contributed by atoms with van der Waals surface area (Å²) in [6, 6.07) is 13.2. The lowest BCUT2D eigenvalue weighted by Crippen LogP contribution is -2.42. The molecule has 0 bridgehead atoms. The number of benzene rings is 2. The van der Waals surface area contributed by atoms with Crippen molar-refractivity contribution in [3.05, 3.63) is 117 Å². The SMILES string of the molecule is C=C(C)C(CC/C(C)=C/COc1c2ccoc2cc2oc(=O)ccc12)OC(C)(C)C(O)CC/C(C)=C/COc1c2ccoc2cc2oc(=O)ccc12. The summed E-state index contributed by atoms with van der Waals surface area (Å²) in [4.78, 5) is 23.5. The molecule has 0 radical (unpaired) electrons. The third-order valence-electron chi connectivity index (χ3n) is 9.35. The van der Waals surface area contributed by atoms with Gasteiger partial charge in [-0.15, -0.1) is 0 Å². The van der Waals surface area contributed by atoms with E-state index in [9.17, 15) is 14.7 Å². The van der Waals surface area contributed by atoms with Crippen LogP contribution < -0.4 is 20.7 Å². The maximum absolute atomic E-state index is 11.8. The van der Waals surface area contributed by atoms with Crippen LogP contribution >= 0.6 is 0 Å². The number of aliphatic hydroxyl groups is 1. The van der Waals surface area contributed by atoms with E-state index < -0.39 is 23.0 Å². The van der Waals surface area contributed by atoms with Gasteiger partial charge in [0, 0.05) is 24.3 Å². The van der Waals surface area contributed by atoms with Gasteiger partial charge in [0.15, 0.2) is 0 Å². The minimum Gasteiger partial charge on any atom is -0.488 e. The zero-order valence-corrected chi connectivity index (χ0v) is 30.2. The molecule has 0 fully saturated rings. The van der Waals surface area contributed by atoms with E-state index in [-0.39, 0.29) is 6.10 Å². The van der Waals surface area contributed by atoms with E-state index in [4.69, 9.17) is 31.9 Å². The smallest absolute Gasteiger partial charge is 0.336 e. The lowest BCUT2D eigenvalue weighted by molar-refractivity contribution is -0.128. The number of aliphatic hydroxyl groups excluding tert-OH is 1. The molecule has 0 saturated heterocycles. The van der Waals surface area contributed by atoms with Crippen molar-refractivity contribution in [3.63, 3.8) is 0 Å². The molecular weight excluding hydrogens is 664 g/mol. The molecule has 10 heteroatoms. The summed E-state index contributed by atoms with van der Waals surface area (Å²) in [5, 5.41) is 14.2. The van der Waals surface area contributed by atoms with Crippen LogP contribution in [0.3, 0.4) is 0 Å². The first kappa shape index (κ1) is 36.5. The molecule has 2 atom stereocenters. The van der Waals surface area contributed by atoms with Crippen molar-refractivity contribution in [2.45, 2.75) is 78.1 Å². The van der Waals surface area contributed by atoms with Crippen molar-refractivity contribution >= 4 is 43.9 Å². The molecule has 0 aliphatic carbocycles. The van der Waals surface area contributed by atoms with Gasteiger partial charge in [0.1, 0.15) is 47.0 Å². The van der Waals surface area contributed by atoms with Gasteiger partial charge >= 0.3 is 11.3 Å². The first-order chi connectivity index (χ1) is 24.9. The molecular formula is C42H44O10. The highest BCUT2D eigenvalue weighted by Gasteiger charge is 2.32. The lowest BCUT2D eigenvalue weighted by Gasteiger charge is -2.35. The van der Waals surface area contributed by atoms with Crippen LogP contribution in [0.4, 0.5) is 0 Å². The molecule has 272 valence electrons. The van der Waals surface area contributed by atoms with Gasteiger partial charge in [0.05, 0.1) is 51.9 Å². The quantitative estimate of drug-likeness (QED) is 0.0765. The molecule has 4 heterocycles. The van der Waals surface area contributed by atoms with E-state index in [1.165, 1.54) is 12.1 Å². The van der Waals surface area contributed by atoms with Gasteiger partial charge in [-0.25, -0.2) is 9.59 Å². The molecule has 2 aromatic carbocycles. The Hall–Kier alpha value is -5.32. The van der Waals surface area contributed by atoms with E-state index in [0.717, 1.165) is 33.9 Å². The van der Waals surface area contributed by atoms with Crippen molar-refractivity contribution in [1.29, 1.82) is 0 Å². The fourth-order valence-electron chi connectivity index (χ4n) is 6.19. The molecule has 2 unspecified atom stereocenters. The monoisotopic (exact) mass is 708 g/mol. The number of fused-ring (bicyclic) bond motifs is 4. The summed E-state index contributed by atoms with van der Waals surface area (Å²) in [6.45, 7) is 14.6. The predicted molar refractivity (Wildman–Crippen MR) is 201 cm³/mol. The van der Waals surface area contributed by atoms with Crippen LogP contribution in [0.5, 0.6) is 11.5 Å². The third kappa shape index (κ3) is 8.25. The van der Waals surface area contributed by atoms with Crippen molar-refractivity contribution in [2.75, 3.05) is 13.2 Å². The average Bonchev–Trinajstić information content (AvgIpc) is 3.77. The molecule has 1 N–H and O–H groups in total. The Morgan fingerprint density at radius 3 is 1.67 bits per heavy atom. The topological polar surface area (TPSA) is 135 Å². The van der Waals surface area contributed by atoms with Crippen molar-refractivity contribution in [2.24, 2.45) is 0 Å². The molecule has 0 spiro atoms. The largest absolute Gasteiger partial charge is 0.488 e. The van der Waals surface area contributed by atoms with Gasteiger partial charge in [-0.2, -0.15) is 0 Å². The van der Waals surface area contributed by atoms with Crippen molar-refractivity contribution < 1.29 is 37.0 Å². The Balaban J connectivity index is 1.01. The Labute approximate surface area is 300 Å². The van der Waals surface area contributed by atoms with Gasteiger partial charge in [0.2, 0.25) is 0 Å². The van der Waals surface area contributed by atoms with E-state index in [1.54, 1.807) is 36.8 Å². The van der Waals surface area contributed by atoms with Crippen LogP contribution in [0.2, 0.25) is 0 Å². The zero-order valence-electron chi connectivity index (χ0n) is 30.2. The van der Waals surface area contributed by atoms with Gasteiger partial charge in [-0.3, -0.25) is 0 Å². The number of hydrogen-bond donors (Lipinski definition) is 1. The highest BCUT2D eigenvalue weighted by atomic mass is 16.5. The summed E-state index contributed by atoms with van der Waals surface area (Å²) in [7, 11) is 0. The van der Waals surface area contributed by atoms with E-state index >= 15 is 0 Å². The number of rotatable bonds is 16. The number of furan rings is 2. The Morgan fingerprint density at radius 2 is 1.19 bits per heavy atom. The standard InChI is InChI=1S/C42H44O10/c1-25(2)32(11-7-26(3)15-19-48-40-28-9-13-38(44)50-35(28)23-33-30(40)17-21-46-33)52-42(5,6)37(43)12-8-27(4)16-20-49-41-29-10-14-39(45)51-36(29)24-34-31(41)18-22-47-34/h9-10,13-18,21-24,32,37,43H,1,7-8,11-12,19-20H2,2-6H3/b26-15+,27-16+.